The van der Waals surface area contributed by atoms with Gasteiger partial charge < -0.3 is 10.1 Å². The highest BCUT2D eigenvalue weighted by molar-refractivity contribution is 5.78. The fraction of sp³-hybridized carbons (Fsp3) is 0.167. The maximum atomic E-state index is 12.3. The van der Waals surface area contributed by atoms with Gasteiger partial charge in [0.05, 0.1) is 23.6 Å². The van der Waals surface area contributed by atoms with Gasteiger partial charge in [-0.15, -0.1) is 0 Å². The SMILES string of the molecule is O=C(COc1cccc([N+](=O)[O-])c1)NC(Cn1cncn1)c1ccccc1. The number of carbonyl (C=O) groups excluding carboxylic acids is 1. The summed E-state index contributed by atoms with van der Waals surface area (Å²) < 4.78 is 7.00. The lowest BCUT2D eigenvalue weighted by molar-refractivity contribution is -0.384. The molecule has 1 N–H and O–H groups in total. The molecule has 1 heterocycles. The van der Waals surface area contributed by atoms with Gasteiger partial charge in [-0.05, 0) is 11.6 Å². The number of nitro groups is 1. The lowest BCUT2D eigenvalue weighted by atomic mass is 10.1. The van der Waals surface area contributed by atoms with Gasteiger partial charge in [0.1, 0.15) is 18.4 Å². The second-order valence-electron chi connectivity index (χ2n) is 5.69. The summed E-state index contributed by atoms with van der Waals surface area (Å²) in [6.07, 6.45) is 3.00. The Hall–Kier alpha value is -3.75. The minimum absolute atomic E-state index is 0.0961. The van der Waals surface area contributed by atoms with Crippen LogP contribution in [0.4, 0.5) is 5.69 Å². The van der Waals surface area contributed by atoms with E-state index in [1.807, 2.05) is 30.3 Å². The predicted octanol–water partition coefficient (Wildman–Crippen LogP) is 2.12. The van der Waals surface area contributed by atoms with Crippen molar-refractivity contribution in [1.82, 2.24) is 20.1 Å². The van der Waals surface area contributed by atoms with Crippen LogP contribution in [0.25, 0.3) is 0 Å². The molecular formula is C18H17N5O4. The monoisotopic (exact) mass is 367 g/mol. The quantitative estimate of drug-likeness (QED) is 0.482. The van der Waals surface area contributed by atoms with Crippen molar-refractivity contribution in [3.63, 3.8) is 0 Å². The molecule has 27 heavy (non-hydrogen) atoms. The number of ether oxygens (including phenoxy) is 1. The lowest BCUT2D eigenvalue weighted by Gasteiger charge is -2.19. The second-order valence-corrected chi connectivity index (χ2v) is 5.69. The van der Waals surface area contributed by atoms with Gasteiger partial charge in [0.15, 0.2) is 6.61 Å². The standard InChI is InChI=1S/C18H17N5O4/c24-18(11-27-16-8-4-7-15(9-16)23(25)26)21-17(10-22-13-19-12-20-22)14-5-2-1-3-6-14/h1-9,12-13,17H,10-11H2,(H,21,24). The van der Waals surface area contributed by atoms with E-state index in [0.717, 1.165) is 5.56 Å². The molecule has 0 aliphatic carbocycles. The molecule has 3 rings (SSSR count). The van der Waals surface area contributed by atoms with Gasteiger partial charge in [-0.3, -0.25) is 19.6 Å². The highest BCUT2D eigenvalue weighted by Gasteiger charge is 2.16. The van der Waals surface area contributed by atoms with E-state index in [2.05, 4.69) is 15.4 Å². The van der Waals surface area contributed by atoms with Crippen molar-refractivity contribution in [2.45, 2.75) is 12.6 Å². The van der Waals surface area contributed by atoms with E-state index in [-0.39, 0.29) is 30.0 Å². The molecule has 0 radical (unpaired) electrons. The molecule has 0 bridgehead atoms. The molecule has 9 nitrogen and oxygen atoms in total. The van der Waals surface area contributed by atoms with E-state index in [1.165, 1.54) is 24.5 Å². The molecule has 0 aliphatic rings. The molecule has 1 atom stereocenters. The Morgan fingerprint density at radius 3 is 2.74 bits per heavy atom. The third-order valence-electron chi connectivity index (χ3n) is 3.77. The van der Waals surface area contributed by atoms with Crippen LogP contribution in [0.15, 0.2) is 67.3 Å². The van der Waals surface area contributed by atoms with E-state index in [9.17, 15) is 14.9 Å². The zero-order valence-corrected chi connectivity index (χ0v) is 14.3. The third-order valence-corrected chi connectivity index (χ3v) is 3.77. The third kappa shape index (κ3) is 5.11. The van der Waals surface area contributed by atoms with E-state index < -0.39 is 4.92 Å². The first-order chi connectivity index (χ1) is 13.1. The van der Waals surface area contributed by atoms with Crippen molar-refractivity contribution in [2.75, 3.05) is 6.61 Å². The molecular weight excluding hydrogens is 350 g/mol. The second kappa shape index (κ2) is 8.56. The van der Waals surface area contributed by atoms with Crippen LogP contribution < -0.4 is 10.1 Å². The molecule has 9 heteroatoms. The van der Waals surface area contributed by atoms with Gasteiger partial charge in [0.2, 0.25) is 0 Å². The highest BCUT2D eigenvalue weighted by atomic mass is 16.6. The minimum Gasteiger partial charge on any atom is -0.484 e. The molecule has 3 aromatic rings. The topological polar surface area (TPSA) is 112 Å². The number of nitro benzene ring substituents is 1. The van der Waals surface area contributed by atoms with Gasteiger partial charge in [-0.1, -0.05) is 36.4 Å². The van der Waals surface area contributed by atoms with Gasteiger partial charge in [-0.25, -0.2) is 4.98 Å². The summed E-state index contributed by atoms with van der Waals surface area (Å²) in [5.41, 5.74) is 0.818. The maximum absolute atomic E-state index is 12.3. The average Bonchev–Trinajstić information content (AvgIpc) is 3.20. The molecule has 0 aliphatic heterocycles. The number of rotatable bonds is 8. The summed E-state index contributed by atoms with van der Waals surface area (Å²) in [5, 5.41) is 17.8. The first-order valence-corrected chi connectivity index (χ1v) is 8.16. The van der Waals surface area contributed by atoms with Crippen molar-refractivity contribution < 1.29 is 14.5 Å². The number of nitrogens with one attached hydrogen (secondary N) is 1. The van der Waals surface area contributed by atoms with Crippen molar-refractivity contribution in [3.8, 4) is 5.75 Å². The number of aromatic nitrogens is 3. The Bertz CT molecular complexity index is 899. The molecule has 1 amide bonds. The number of amides is 1. The van der Waals surface area contributed by atoms with Gasteiger partial charge in [0.25, 0.3) is 11.6 Å². The van der Waals surface area contributed by atoms with Crippen LogP contribution in [0.5, 0.6) is 5.75 Å². The number of nitrogens with zero attached hydrogens (tertiary/aromatic N) is 4. The van der Waals surface area contributed by atoms with Gasteiger partial charge >= 0.3 is 0 Å². The van der Waals surface area contributed by atoms with Crippen molar-refractivity contribution in [3.05, 3.63) is 82.9 Å². The Labute approximate surface area is 154 Å². The van der Waals surface area contributed by atoms with E-state index >= 15 is 0 Å². The fourth-order valence-electron chi connectivity index (χ4n) is 2.51. The minimum atomic E-state index is -0.517. The summed E-state index contributed by atoms with van der Waals surface area (Å²) in [6.45, 7) is 0.147. The number of non-ortho nitro benzene ring substituents is 1. The summed E-state index contributed by atoms with van der Waals surface area (Å²) in [6, 6.07) is 14.8. The molecule has 1 unspecified atom stereocenters. The van der Waals surface area contributed by atoms with Crippen LogP contribution in [0.1, 0.15) is 11.6 Å². The molecule has 2 aromatic carbocycles. The molecule has 138 valence electrons. The maximum Gasteiger partial charge on any atom is 0.273 e. The molecule has 0 saturated heterocycles. The largest absolute Gasteiger partial charge is 0.484 e. The van der Waals surface area contributed by atoms with Gasteiger partial charge in [-0.2, -0.15) is 5.10 Å². The Kier molecular flexibility index (Phi) is 5.73. The number of benzene rings is 2. The van der Waals surface area contributed by atoms with Crippen LogP contribution in [0, 0.1) is 10.1 Å². The van der Waals surface area contributed by atoms with Crippen molar-refractivity contribution in [1.29, 1.82) is 0 Å². The van der Waals surface area contributed by atoms with E-state index in [4.69, 9.17) is 4.74 Å². The first-order valence-electron chi connectivity index (χ1n) is 8.16. The zero-order chi connectivity index (χ0) is 19.1. The Morgan fingerprint density at radius 1 is 1.22 bits per heavy atom. The van der Waals surface area contributed by atoms with Crippen molar-refractivity contribution in [2.24, 2.45) is 0 Å². The Morgan fingerprint density at radius 2 is 2.04 bits per heavy atom. The van der Waals surface area contributed by atoms with Crippen LogP contribution in [-0.2, 0) is 11.3 Å². The average molecular weight is 367 g/mol. The van der Waals surface area contributed by atoms with Crippen LogP contribution in [0.2, 0.25) is 0 Å². The summed E-state index contributed by atoms with van der Waals surface area (Å²) in [7, 11) is 0. The smallest absolute Gasteiger partial charge is 0.273 e. The van der Waals surface area contributed by atoms with Gasteiger partial charge in [0, 0.05) is 6.07 Å². The summed E-state index contributed by atoms with van der Waals surface area (Å²) in [4.78, 5) is 26.5. The predicted molar refractivity (Wildman–Crippen MR) is 95.9 cm³/mol. The molecule has 0 spiro atoms. The zero-order valence-electron chi connectivity index (χ0n) is 14.3. The van der Waals surface area contributed by atoms with Crippen LogP contribution in [-0.4, -0.2) is 32.2 Å². The summed E-state index contributed by atoms with van der Waals surface area (Å²) in [5.74, 6) is -0.0950. The van der Waals surface area contributed by atoms with E-state index in [0.29, 0.717) is 6.54 Å². The molecule has 1 aromatic heterocycles. The number of hydrogen-bond acceptors (Lipinski definition) is 6. The van der Waals surface area contributed by atoms with Crippen molar-refractivity contribution >= 4 is 11.6 Å². The number of carbonyl (C=O) groups is 1. The molecule has 0 fully saturated rings. The van der Waals surface area contributed by atoms with Crippen LogP contribution in [0.3, 0.4) is 0 Å². The van der Waals surface area contributed by atoms with E-state index in [1.54, 1.807) is 17.1 Å². The highest BCUT2D eigenvalue weighted by Crippen LogP contribution is 2.19. The van der Waals surface area contributed by atoms with Crippen LogP contribution >= 0.6 is 0 Å². The molecule has 0 saturated carbocycles. The first kappa shape index (κ1) is 18.1. The summed E-state index contributed by atoms with van der Waals surface area (Å²) >= 11 is 0. The fourth-order valence-corrected chi connectivity index (χ4v) is 2.51. The number of hydrogen-bond donors (Lipinski definition) is 1. The normalized spacial score (nSPS) is 11.6. The lowest BCUT2D eigenvalue weighted by Crippen LogP contribution is -2.35. The Balaban J connectivity index is 1.64.